The highest BCUT2D eigenvalue weighted by atomic mass is 35.5. The topological polar surface area (TPSA) is 64.3 Å². The van der Waals surface area contributed by atoms with Gasteiger partial charge in [-0.1, -0.05) is 51.4 Å². The van der Waals surface area contributed by atoms with E-state index in [2.05, 4.69) is 45.6 Å². The summed E-state index contributed by atoms with van der Waals surface area (Å²) in [5.74, 6) is -0.680. The second kappa shape index (κ2) is 8.63. The third-order valence-electron chi connectivity index (χ3n) is 5.11. The van der Waals surface area contributed by atoms with E-state index in [9.17, 15) is 15.2 Å². The Balaban J connectivity index is 2.98. The summed E-state index contributed by atoms with van der Waals surface area (Å²) >= 11 is 6.06. The molecule has 1 atom stereocenters. The van der Waals surface area contributed by atoms with Gasteiger partial charge in [-0.05, 0) is 56.7 Å². The van der Waals surface area contributed by atoms with Gasteiger partial charge in [0.15, 0.2) is 0 Å². The van der Waals surface area contributed by atoms with Crippen molar-refractivity contribution in [3.05, 3.63) is 51.7 Å². The van der Waals surface area contributed by atoms with Crippen molar-refractivity contribution >= 4 is 23.1 Å². The summed E-state index contributed by atoms with van der Waals surface area (Å²) in [7, 11) is 0. The molecule has 0 spiro atoms. The fraction of sp³-hybridized carbons (Fsp3) is 0.500. The molecule has 0 saturated heterocycles. The first-order valence-corrected chi connectivity index (χ1v) is 10.4. The molecule has 0 aliphatic carbocycles. The number of benzene rings is 1. The van der Waals surface area contributed by atoms with E-state index >= 15 is 0 Å². The molecule has 1 heterocycles. The van der Waals surface area contributed by atoms with Crippen molar-refractivity contribution in [2.24, 2.45) is 11.8 Å². The van der Waals surface area contributed by atoms with Gasteiger partial charge < -0.3 is 10.0 Å². The van der Waals surface area contributed by atoms with Crippen LogP contribution >= 0.6 is 11.6 Å². The van der Waals surface area contributed by atoms with Gasteiger partial charge in [0.05, 0.1) is 23.3 Å². The minimum absolute atomic E-state index is 0.0162. The van der Waals surface area contributed by atoms with E-state index < -0.39 is 5.97 Å². The van der Waals surface area contributed by atoms with Crippen LogP contribution in [-0.4, -0.2) is 27.6 Å². The molecule has 5 heteroatoms. The van der Waals surface area contributed by atoms with E-state index in [-0.39, 0.29) is 23.1 Å². The first-order chi connectivity index (χ1) is 13.4. The first-order valence-electron chi connectivity index (χ1n) is 10.1. The van der Waals surface area contributed by atoms with Crippen LogP contribution in [0, 0.1) is 23.2 Å². The summed E-state index contributed by atoms with van der Waals surface area (Å²) in [6.07, 6.45) is 0.764. The quantitative estimate of drug-likeness (QED) is 0.628. The average molecular weight is 415 g/mol. The molecular formula is C24H31ClN2O2. The lowest BCUT2D eigenvalue weighted by molar-refractivity contribution is -0.132. The van der Waals surface area contributed by atoms with Crippen LogP contribution in [0.4, 0.5) is 0 Å². The van der Waals surface area contributed by atoms with E-state index in [1.807, 2.05) is 13.8 Å². The van der Waals surface area contributed by atoms with Gasteiger partial charge in [-0.3, -0.25) is 0 Å². The summed E-state index contributed by atoms with van der Waals surface area (Å²) < 4.78 is 0. The van der Waals surface area contributed by atoms with Crippen molar-refractivity contribution in [2.45, 2.75) is 66.5 Å². The molecule has 1 aromatic rings. The average Bonchev–Trinajstić information content (AvgIpc) is 2.59. The summed E-state index contributed by atoms with van der Waals surface area (Å²) in [6.45, 7) is 14.5. The molecule has 1 unspecified atom stereocenters. The van der Waals surface area contributed by atoms with Gasteiger partial charge >= 0.3 is 5.97 Å². The van der Waals surface area contributed by atoms with Gasteiger partial charge in [-0.25, -0.2) is 4.79 Å². The molecule has 0 bridgehead atoms. The van der Waals surface area contributed by atoms with Crippen LogP contribution in [0.2, 0.25) is 5.02 Å². The van der Waals surface area contributed by atoms with Crippen molar-refractivity contribution in [2.75, 3.05) is 0 Å². The van der Waals surface area contributed by atoms with E-state index in [1.54, 1.807) is 24.3 Å². The van der Waals surface area contributed by atoms with Crippen LogP contribution < -0.4 is 0 Å². The molecule has 0 radical (unpaired) electrons. The molecular weight excluding hydrogens is 384 g/mol. The number of carbonyl (C=O) groups is 1. The van der Waals surface area contributed by atoms with Crippen molar-refractivity contribution in [3.8, 4) is 6.07 Å². The third-order valence-corrected chi connectivity index (χ3v) is 5.36. The van der Waals surface area contributed by atoms with Gasteiger partial charge in [-0.15, -0.1) is 0 Å². The van der Waals surface area contributed by atoms with Gasteiger partial charge in [-0.2, -0.15) is 5.26 Å². The Labute approximate surface area is 179 Å². The number of rotatable bonds is 5. The van der Waals surface area contributed by atoms with E-state index in [0.29, 0.717) is 27.7 Å². The molecule has 2 rings (SSSR count). The van der Waals surface area contributed by atoms with Crippen molar-refractivity contribution < 1.29 is 9.90 Å². The van der Waals surface area contributed by atoms with E-state index in [4.69, 9.17) is 11.6 Å². The fourth-order valence-corrected chi connectivity index (χ4v) is 4.30. The van der Waals surface area contributed by atoms with Crippen LogP contribution in [0.15, 0.2) is 41.1 Å². The van der Waals surface area contributed by atoms with Crippen molar-refractivity contribution in [1.29, 1.82) is 5.26 Å². The number of carboxylic acid groups (broad SMARTS) is 1. The molecule has 0 aromatic heterocycles. The standard InChI is InChI=1S/C24H31ClN2O2/c1-14(2)12-19-18(13-26)20(16-8-10-17(25)11-9-16)21(23(28)29)22(15(3)4)27(19)24(5,6)7/h8-11,14-15,19H,12H2,1-7H3,(H,28,29). The number of aliphatic carboxylic acids is 1. The van der Waals surface area contributed by atoms with Gasteiger partial charge in [0.1, 0.15) is 0 Å². The fourth-order valence-electron chi connectivity index (χ4n) is 4.18. The molecule has 1 aromatic carbocycles. The second-order valence-corrected chi connectivity index (χ2v) is 9.75. The molecule has 156 valence electrons. The zero-order valence-electron chi connectivity index (χ0n) is 18.4. The largest absolute Gasteiger partial charge is 0.478 e. The predicted octanol–water partition coefficient (Wildman–Crippen LogP) is 6.14. The Hall–Kier alpha value is -2.25. The maximum Gasteiger partial charge on any atom is 0.338 e. The molecule has 29 heavy (non-hydrogen) atoms. The molecule has 1 aliphatic heterocycles. The van der Waals surface area contributed by atoms with Crippen molar-refractivity contribution in [1.82, 2.24) is 4.90 Å². The lowest BCUT2D eigenvalue weighted by Crippen LogP contribution is -2.52. The lowest BCUT2D eigenvalue weighted by atomic mass is 9.78. The number of nitriles is 1. The van der Waals surface area contributed by atoms with Crippen LogP contribution in [-0.2, 0) is 4.79 Å². The molecule has 1 aliphatic rings. The Bertz CT molecular complexity index is 881. The number of halogens is 1. The van der Waals surface area contributed by atoms with Crippen molar-refractivity contribution in [3.63, 3.8) is 0 Å². The Morgan fingerprint density at radius 3 is 2.14 bits per heavy atom. The van der Waals surface area contributed by atoms with Crippen LogP contribution in [0.25, 0.3) is 5.57 Å². The number of hydrogen-bond acceptors (Lipinski definition) is 3. The molecule has 0 amide bonds. The lowest BCUT2D eigenvalue weighted by Gasteiger charge is -2.50. The van der Waals surface area contributed by atoms with Crippen LogP contribution in [0.3, 0.4) is 0 Å². The zero-order chi connectivity index (χ0) is 22.1. The third kappa shape index (κ3) is 4.67. The summed E-state index contributed by atoms with van der Waals surface area (Å²) in [4.78, 5) is 14.7. The van der Waals surface area contributed by atoms with Gasteiger partial charge in [0, 0.05) is 21.8 Å². The SMILES string of the molecule is CC(C)CC1C(C#N)=C(c2ccc(Cl)cc2)C(C(=O)O)=C(C(C)C)N1C(C)(C)C. The first kappa shape index (κ1) is 23.0. The number of hydrogen-bond donors (Lipinski definition) is 1. The normalized spacial score (nSPS) is 18.0. The Morgan fingerprint density at radius 1 is 1.21 bits per heavy atom. The maximum atomic E-state index is 12.5. The molecule has 0 saturated carbocycles. The van der Waals surface area contributed by atoms with Gasteiger partial charge in [0.25, 0.3) is 0 Å². The minimum atomic E-state index is -1.01. The predicted molar refractivity (Wildman–Crippen MR) is 118 cm³/mol. The summed E-state index contributed by atoms with van der Waals surface area (Å²) in [5, 5.41) is 21.0. The summed E-state index contributed by atoms with van der Waals surface area (Å²) in [6, 6.07) is 9.26. The highest BCUT2D eigenvalue weighted by Crippen LogP contribution is 2.45. The minimum Gasteiger partial charge on any atom is -0.478 e. The highest BCUT2D eigenvalue weighted by Gasteiger charge is 2.43. The number of allylic oxidation sites excluding steroid dienone is 1. The zero-order valence-corrected chi connectivity index (χ0v) is 19.1. The van der Waals surface area contributed by atoms with Crippen LogP contribution in [0.5, 0.6) is 0 Å². The number of nitrogens with zero attached hydrogens (tertiary/aromatic N) is 2. The molecule has 0 fully saturated rings. The molecule has 4 nitrogen and oxygen atoms in total. The second-order valence-electron chi connectivity index (χ2n) is 9.31. The van der Waals surface area contributed by atoms with Gasteiger partial charge in [0.2, 0.25) is 0 Å². The Kier molecular flexibility index (Phi) is 6.86. The van der Waals surface area contributed by atoms with E-state index in [0.717, 1.165) is 12.1 Å². The Morgan fingerprint density at radius 2 is 1.76 bits per heavy atom. The highest BCUT2D eigenvalue weighted by molar-refractivity contribution is 6.30. The summed E-state index contributed by atoms with van der Waals surface area (Å²) in [5.41, 5.74) is 2.40. The molecule has 1 N–H and O–H groups in total. The van der Waals surface area contributed by atoms with E-state index in [1.165, 1.54) is 0 Å². The van der Waals surface area contributed by atoms with Crippen LogP contribution in [0.1, 0.15) is 60.5 Å². The monoisotopic (exact) mass is 414 g/mol. The maximum absolute atomic E-state index is 12.5. The smallest absolute Gasteiger partial charge is 0.338 e. The number of carboxylic acids is 1.